The molecule has 0 unspecified atom stereocenters. The van der Waals surface area contributed by atoms with E-state index in [1.807, 2.05) is 24.7 Å². The molecule has 0 saturated heterocycles. The van der Waals surface area contributed by atoms with E-state index in [1.54, 1.807) is 0 Å². The van der Waals surface area contributed by atoms with Crippen molar-refractivity contribution in [3.63, 3.8) is 0 Å². The van der Waals surface area contributed by atoms with Gasteiger partial charge in [-0.2, -0.15) is 0 Å². The summed E-state index contributed by atoms with van der Waals surface area (Å²) in [5.74, 6) is 0.945. The maximum Gasteiger partial charge on any atom is 0.138 e. The number of imidazole rings is 1. The lowest BCUT2D eigenvalue weighted by Gasteiger charge is -2.09. The van der Waals surface area contributed by atoms with Crippen molar-refractivity contribution >= 4 is 0 Å². The van der Waals surface area contributed by atoms with Gasteiger partial charge in [-0.3, -0.25) is 4.57 Å². The summed E-state index contributed by atoms with van der Waals surface area (Å²) >= 11 is 0. The van der Waals surface area contributed by atoms with Crippen molar-refractivity contribution in [1.82, 2.24) is 19.9 Å². The smallest absolute Gasteiger partial charge is 0.138 e. The molecule has 0 aliphatic carbocycles. The van der Waals surface area contributed by atoms with Crippen LogP contribution in [-0.2, 0) is 6.54 Å². The third-order valence-electron chi connectivity index (χ3n) is 3.08. The molecule has 2 aromatic heterocycles. The van der Waals surface area contributed by atoms with Gasteiger partial charge in [-0.15, -0.1) is 0 Å². The second-order valence-corrected chi connectivity index (χ2v) is 4.54. The molecular formula is C14H20N4. The number of hydrogen-bond acceptors (Lipinski definition) is 3. The van der Waals surface area contributed by atoms with E-state index in [2.05, 4.69) is 41.3 Å². The van der Waals surface area contributed by atoms with E-state index in [0.29, 0.717) is 0 Å². The molecule has 0 aliphatic heterocycles. The highest BCUT2D eigenvalue weighted by atomic mass is 15.1. The van der Waals surface area contributed by atoms with Gasteiger partial charge in [0.2, 0.25) is 0 Å². The molecule has 2 rings (SSSR count). The van der Waals surface area contributed by atoms with E-state index in [0.717, 1.165) is 36.0 Å². The Balaban J connectivity index is 2.38. The number of nitrogens with zero attached hydrogens (tertiary/aromatic N) is 3. The van der Waals surface area contributed by atoms with Crippen LogP contribution >= 0.6 is 0 Å². The molecule has 18 heavy (non-hydrogen) atoms. The second-order valence-electron chi connectivity index (χ2n) is 4.54. The highest BCUT2D eigenvalue weighted by Crippen LogP contribution is 2.14. The standard InChI is InChI=1S/C14H20N4/c1-5-15-8-13-6-10(2)17-14(7-13)18-9-16-11(3)12(18)4/h6-7,9,15H,5,8H2,1-4H3. The van der Waals surface area contributed by atoms with Crippen molar-refractivity contribution in [1.29, 1.82) is 0 Å². The third-order valence-corrected chi connectivity index (χ3v) is 3.08. The average Bonchev–Trinajstić information content (AvgIpc) is 2.67. The van der Waals surface area contributed by atoms with Crippen molar-refractivity contribution in [2.75, 3.05) is 6.54 Å². The predicted molar refractivity (Wildman–Crippen MR) is 73.0 cm³/mol. The molecule has 4 heteroatoms. The lowest BCUT2D eigenvalue weighted by atomic mass is 10.2. The summed E-state index contributed by atoms with van der Waals surface area (Å²) < 4.78 is 2.04. The number of aryl methyl sites for hydroxylation is 2. The summed E-state index contributed by atoms with van der Waals surface area (Å²) in [5, 5.41) is 3.34. The van der Waals surface area contributed by atoms with Crippen LogP contribution < -0.4 is 5.32 Å². The number of nitrogens with one attached hydrogen (secondary N) is 1. The van der Waals surface area contributed by atoms with Crippen LogP contribution in [0.15, 0.2) is 18.5 Å². The molecule has 0 amide bonds. The van der Waals surface area contributed by atoms with Crippen LogP contribution in [0.25, 0.3) is 5.82 Å². The van der Waals surface area contributed by atoms with Gasteiger partial charge in [-0.25, -0.2) is 9.97 Å². The van der Waals surface area contributed by atoms with Crippen LogP contribution in [0.5, 0.6) is 0 Å². The van der Waals surface area contributed by atoms with Gasteiger partial charge in [0, 0.05) is 17.9 Å². The van der Waals surface area contributed by atoms with E-state index in [-0.39, 0.29) is 0 Å². The minimum absolute atomic E-state index is 0.875. The first-order chi connectivity index (χ1) is 8.61. The molecule has 0 aromatic carbocycles. The lowest BCUT2D eigenvalue weighted by molar-refractivity contribution is 0.723. The van der Waals surface area contributed by atoms with Crippen LogP contribution in [0.3, 0.4) is 0 Å². The Morgan fingerprint density at radius 1 is 1.22 bits per heavy atom. The molecule has 0 atom stereocenters. The largest absolute Gasteiger partial charge is 0.313 e. The molecule has 0 saturated carbocycles. The summed E-state index contributed by atoms with van der Waals surface area (Å²) in [4.78, 5) is 8.90. The fourth-order valence-corrected chi connectivity index (χ4v) is 1.95. The molecule has 2 aromatic rings. The SMILES string of the molecule is CCNCc1cc(C)nc(-n2cnc(C)c2C)c1. The Hall–Kier alpha value is -1.68. The predicted octanol–water partition coefficient (Wildman–Crippen LogP) is 2.30. The van der Waals surface area contributed by atoms with Crippen molar-refractivity contribution in [2.45, 2.75) is 34.2 Å². The van der Waals surface area contributed by atoms with Gasteiger partial charge in [0.15, 0.2) is 0 Å². The van der Waals surface area contributed by atoms with E-state index >= 15 is 0 Å². The zero-order valence-electron chi connectivity index (χ0n) is 11.5. The van der Waals surface area contributed by atoms with E-state index in [9.17, 15) is 0 Å². The summed E-state index contributed by atoms with van der Waals surface area (Å²) in [5.41, 5.74) is 4.48. The summed E-state index contributed by atoms with van der Waals surface area (Å²) in [7, 11) is 0. The summed E-state index contributed by atoms with van der Waals surface area (Å²) in [6.07, 6.45) is 1.84. The Morgan fingerprint density at radius 2 is 2.00 bits per heavy atom. The zero-order chi connectivity index (χ0) is 13.1. The number of rotatable bonds is 4. The van der Waals surface area contributed by atoms with Crippen LogP contribution in [0, 0.1) is 20.8 Å². The normalized spacial score (nSPS) is 10.9. The van der Waals surface area contributed by atoms with Crippen LogP contribution in [-0.4, -0.2) is 21.1 Å². The van der Waals surface area contributed by atoms with E-state index in [1.165, 1.54) is 5.56 Å². The Bertz CT molecular complexity index is 543. The molecule has 0 fully saturated rings. The van der Waals surface area contributed by atoms with Gasteiger partial charge in [0.05, 0.1) is 5.69 Å². The van der Waals surface area contributed by atoms with Gasteiger partial charge < -0.3 is 5.32 Å². The zero-order valence-corrected chi connectivity index (χ0v) is 11.5. The maximum absolute atomic E-state index is 4.58. The van der Waals surface area contributed by atoms with Gasteiger partial charge in [-0.05, 0) is 45.0 Å². The van der Waals surface area contributed by atoms with Crippen molar-refractivity contribution in [3.8, 4) is 5.82 Å². The Kier molecular flexibility index (Phi) is 3.77. The lowest BCUT2D eigenvalue weighted by Crippen LogP contribution is -2.13. The first-order valence-electron chi connectivity index (χ1n) is 6.31. The third kappa shape index (κ3) is 2.59. The fraction of sp³-hybridized carbons (Fsp3) is 0.429. The Labute approximate surface area is 108 Å². The van der Waals surface area contributed by atoms with Crippen molar-refractivity contribution in [2.24, 2.45) is 0 Å². The van der Waals surface area contributed by atoms with Gasteiger partial charge >= 0.3 is 0 Å². The molecule has 0 spiro atoms. The van der Waals surface area contributed by atoms with E-state index in [4.69, 9.17) is 0 Å². The van der Waals surface area contributed by atoms with Crippen molar-refractivity contribution in [3.05, 3.63) is 41.1 Å². The van der Waals surface area contributed by atoms with Crippen LogP contribution in [0.1, 0.15) is 29.6 Å². The molecule has 0 aliphatic rings. The number of hydrogen-bond donors (Lipinski definition) is 1. The van der Waals surface area contributed by atoms with E-state index < -0.39 is 0 Å². The molecule has 4 nitrogen and oxygen atoms in total. The first kappa shape index (κ1) is 12.8. The number of pyridine rings is 1. The molecule has 0 bridgehead atoms. The minimum atomic E-state index is 0.875. The molecule has 96 valence electrons. The van der Waals surface area contributed by atoms with Crippen molar-refractivity contribution < 1.29 is 0 Å². The second kappa shape index (κ2) is 5.31. The average molecular weight is 244 g/mol. The molecule has 0 radical (unpaired) electrons. The summed E-state index contributed by atoms with van der Waals surface area (Å²) in [6.45, 7) is 10.1. The Morgan fingerprint density at radius 3 is 2.61 bits per heavy atom. The minimum Gasteiger partial charge on any atom is -0.313 e. The monoisotopic (exact) mass is 244 g/mol. The highest BCUT2D eigenvalue weighted by Gasteiger charge is 2.07. The van der Waals surface area contributed by atoms with Gasteiger partial charge in [0.25, 0.3) is 0 Å². The topological polar surface area (TPSA) is 42.7 Å². The number of aromatic nitrogens is 3. The highest BCUT2D eigenvalue weighted by molar-refractivity contribution is 5.33. The summed E-state index contributed by atoms with van der Waals surface area (Å²) in [6, 6.07) is 4.23. The van der Waals surface area contributed by atoms with Crippen LogP contribution in [0.4, 0.5) is 0 Å². The molecular weight excluding hydrogens is 224 g/mol. The first-order valence-corrected chi connectivity index (χ1v) is 6.31. The fourth-order valence-electron chi connectivity index (χ4n) is 1.95. The van der Waals surface area contributed by atoms with Gasteiger partial charge in [-0.1, -0.05) is 6.92 Å². The van der Waals surface area contributed by atoms with Gasteiger partial charge in [0.1, 0.15) is 12.1 Å². The van der Waals surface area contributed by atoms with Crippen LogP contribution in [0.2, 0.25) is 0 Å². The quantitative estimate of drug-likeness (QED) is 0.897. The molecule has 1 N–H and O–H groups in total. The maximum atomic E-state index is 4.58. The molecule has 2 heterocycles.